The monoisotopic (exact) mass is 530 g/mol. The summed E-state index contributed by atoms with van der Waals surface area (Å²) in [4.78, 5) is 45.2. The molecule has 0 N–H and O–H groups in total. The maximum absolute atomic E-state index is 11.7. The standard InChI is InChI=1S/C11H18O4.C9H16O2.C7H12O2.2CH4/c1-4-11(2,3)10(13)15-8-6-5-7-14-9(8)12;1-5-9(4)6-8(2,3)11-7(9)10;1-3-7(2)4-5-9-6(7)8;;/h8H,4-7H2,1-3H3;5-6H2,1-4H3;3-5H2,1-2H3;2*1H4. The predicted octanol–water partition coefficient (Wildman–Crippen LogP) is 6.42. The Morgan fingerprint density at radius 2 is 1.49 bits per heavy atom. The summed E-state index contributed by atoms with van der Waals surface area (Å²) < 4.78 is 20.0. The molecule has 3 heterocycles. The fraction of sp³-hybridized carbons (Fsp3) is 0.862. The lowest BCUT2D eigenvalue weighted by Gasteiger charge is -2.26. The molecule has 8 heteroatoms. The molecular weight excluding hydrogens is 476 g/mol. The molecule has 0 aromatic rings. The maximum Gasteiger partial charge on any atom is 0.347 e. The largest absolute Gasteiger partial charge is 0.465 e. The number of hydrogen-bond donors (Lipinski definition) is 0. The zero-order valence-corrected chi connectivity index (χ0v) is 23.2. The van der Waals surface area contributed by atoms with Crippen LogP contribution in [-0.4, -0.2) is 48.8 Å². The van der Waals surface area contributed by atoms with Gasteiger partial charge in [0, 0.05) is 6.42 Å². The lowest BCUT2D eigenvalue weighted by molar-refractivity contribution is -0.178. The second-order valence-corrected chi connectivity index (χ2v) is 11.5. The van der Waals surface area contributed by atoms with Crippen LogP contribution in [-0.2, 0) is 38.1 Å². The number of esters is 4. The maximum atomic E-state index is 11.7. The third-order valence-corrected chi connectivity index (χ3v) is 7.42. The third kappa shape index (κ3) is 10.3. The van der Waals surface area contributed by atoms with E-state index in [4.69, 9.17) is 18.9 Å². The second-order valence-electron chi connectivity index (χ2n) is 11.5. The molecule has 0 spiro atoms. The minimum atomic E-state index is -0.697. The predicted molar refractivity (Wildman–Crippen MR) is 145 cm³/mol. The van der Waals surface area contributed by atoms with Crippen molar-refractivity contribution in [3.05, 3.63) is 0 Å². The van der Waals surface area contributed by atoms with Crippen LogP contribution in [0.25, 0.3) is 0 Å². The van der Waals surface area contributed by atoms with Crippen LogP contribution < -0.4 is 0 Å². The lowest BCUT2D eigenvalue weighted by atomic mass is 9.81. The van der Waals surface area contributed by atoms with E-state index in [1.54, 1.807) is 0 Å². The van der Waals surface area contributed by atoms with E-state index in [9.17, 15) is 19.2 Å². The molecule has 3 atom stereocenters. The average molecular weight is 531 g/mol. The van der Waals surface area contributed by atoms with Gasteiger partial charge in [-0.15, -0.1) is 0 Å². The normalized spacial score (nSPS) is 27.9. The number of carbonyl (C=O) groups is 4. The van der Waals surface area contributed by atoms with Crippen molar-refractivity contribution in [1.29, 1.82) is 0 Å². The van der Waals surface area contributed by atoms with E-state index in [1.807, 2.05) is 62.3 Å². The number of ether oxygens (including phenoxy) is 4. The van der Waals surface area contributed by atoms with E-state index in [0.29, 0.717) is 26.1 Å². The van der Waals surface area contributed by atoms with Gasteiger partial charge >= 0.3 is 23.9 Å². The number of cyclic esters (lactones) is 3. The van der Waals surface area contributed by atoms with E-state index in [-0.39, 0.29) is 49.2 Å². The van der Waals surface area contributed by atoms with Crippen molar-refractivity contribution in [2.45, 2.75) is 134 Å². The van der Waals surface area contributed by atoms with E-state index in [2.05, 4.69) is 0 Å². The highest BCUT2D eigenvalue weighted by atomic mass is 16.6. The van der Waals surface area contributed by atoms with Gasteiger partial charge in [0.1, 0.15) is 5.60 Å². The first kappa shape index (κ1) is 37.0. The van der Waals surface area contributed by atoms with Gasteiger partial charge in [-0.25, -0.2) is 4.79 Å². The third-order valence-electron chi connectivity index (χ3n) is 7.42. The van der Waals surface area contributed by atoms with Gasteiger partial charge < -0.3 is 18.9 Å². The van der Waals surface area contributed by atoms with Crippen molar-refractivity contribution < 1.29 is 38.1 Å². The first-order chi connectivity index (χ1) is 16.1. The Morgan fingerprint density at radius 3 is 1.81 bits per heavy atom. The fourth-order valence-electron chi connectivity index (χ4n) is 3.85. The fourth-order valence-corrected chi connectivity index (χ4v) is 3.85. The summed E-state index contributed by atoms with van der Waals surface area (Å²) in [5.41, 5.74) is -1.18. The summed E-state index contributed by atoms with van der Waals surface area (Å²) in [5, 5.41) is 0. The molecule has 0 amide bonds. The van der Waals surface area contributed by atoms with Gasteiger partial charge in [0.25, 0.3) is 0 Å². The highest BCUT2D eigenvalue weighted by Gasteiger charge is 2.48. The van der Waals surface area contributed by atoms with E-state index < -0.39 is 17.5 Å². The molecule has 3 rings (SSSR count). The minimum Gasteiger partial charge on any atom is -0.465 e. The van der Waals surface area contributed by atoms with E-state index in [1.165, 1.54) is 0 Å². The van der Waals surface area contributed by atoms with Crippen LogP contribution in [0.1, 0.15) is 122 Å². The number of hydrogen-bond acceptors (Lipinski definition) is 8. The quantitative estimate of drug-likeness (QED) is 0.296. The summed E-state index contributed by atoms with van der Waals surface area (Å²) in [6.45, 7) is 18.5. The minimum absolute atomic E-state index is 0. The topological polar surface area (TPSA) is 105 Å². The van der Waals surface area contributed by atoms with Gasteiger partial charge in [-0.1, -0.05) is 35.6 Å². The molecule has 0 saturated carbocycles. The van der Waals surface area contributed by atoms with Gasteiger partial charge in [0.05, 0.1) is 29.5 Å². The molecule has 37 heavy (non-hydrogen) atoms. The van der Waals surface area contributed by atoms with Crippen molar-refractivity contribution in [3.8, 4) is 0 Å². The number of rotatable bonds is 5. The molecule has 3 fully saturated rings. The molecule has 0 bridgehead atoms. The van der Waals surface area contributed by atoms with Crippen molar-refractivity contribution in [3.63, 3.8) is 0 Å². The summed E-state index contributed by atoms with van der Waals surface area (Å²) >= 11 is 0. The van der Waals surface area contributed by atoms with Crippen LogP contribution in [0.5, 0.6) is 0 Å². The zero-order valence-electron chi connectivity index (χ0n) is 23.2. The highest BCUT2D eigenvalue weighted by Crippen LogP contribution is 2.42. The number of carbonyl (C=O) groups excluding carboxylic acids is 4. The van der Waals surface area contributed by atoms with Gasteiger partial charge in [-0.05, 0) is 80.1 Å². The second kappa shape index (κ2) is 14.7. The molecule has 0 radical (unpaired) electrons. The molecule has 3 unspecified atom stereocenters. The van der Waals surface area contributed by atoms with Gasteiger partial charge in [0.2, 0.25) is 0 Å². The van der Waals surface area contributed by atoms with Crippen molar-refractivity contribution in [2.75, 3.05) is 13.2 Å². The SMILES string of the molecule is C.C.CCC(C)(C)C(=O)OC1CCCOC1=O.CCC1(C)CC(C)(C)OC1=O.CCC1(C)CCOC1=O. The van der Waals surface area contributed by atoms with Gasteiger partial charge in [-0.2, -0.15) is 0 Å². The Kier molecular flexibility index (Phi) is 14.7. The van der Waals surface area contributed by atoms with Crippen LogP contribution in [0.4, 0.5) is 0 Å². The Hall–Kier alpha value is -2.12. The van der Waals surface area contributed by atoms with Crippen molar-refractivity contribution in [1.82, 2.24) is 0 Å². The highest BCUT2D eigenvalue weighted by molar-refractivity contribution is 5.82. The molecule has 3 aliphatic rings. The smallest absolute Gasteiger partial charge is 0.347 e. The Morgan fingerprint density at radius 1 is 0.919 bits per heavy atom. The van der Waals surface area contributed by atoms with Crippen LogP contribution in [0, 0.1) is 16.2 Å². The first-order valence-corrected chi connectivity index (χ1v) is 12.8. The molecule has 8 nitrogen and oxygen atoms in total. The molecule has 0 aromatic heterocycles. The summed E-state index contributed by atoms with van der Waals surface area (Å²) in [6, 6.07) is 0. The first-order valence-electron chi connectivity index (χ1n) is 12.8. The van der Waals surface area contributed by atoms with Crippen LogP contribution in [0.15, 0.2) is 0 Å². The summed E-state index contributed by atoms with van der Waals surface area (Å²) in [5.74, 6) is -0.801. The summed E-state index contributed by atoms with van der Waals surface area (Å²) in [6.07, 6.45) is 4.82. The average Bonchev–Trinajstić information content (AvgIpc) is 3.24. The molecule has 3 aliphatic heterocycles. The van der Waals surface area contributed by atoms with Crippen LogP contribution in [0.3, 0.4) is 0 Å². The van der Waals surface area contributed by atoms with E-state index >= 15 is 0 Å². The molecule has 0 aliphatic carbocycles. The lowest BCUT2D eigenvalue weighted by Crippen LogP contribution is -2.37. The summed E-state index contributed by atoms with van der Waals surface area (Å²) in [7, 11) is 0. The Bertz CT molecular complexity index is 772. The molecular formula is C29H54O8. The van der Waals surface area contributed by atoms with Gasteiger partial charge in [0.15, 0.2) is 6.10 Å². The van der Waals surface area contributed by atoms with Crippen molar-refractivity contribution in [2.24, 2.45) is 16.2 Å². The Labute approximate surface area is 225 Å². The van der Waals surface area contributed by atoms with Crippen molar-refractivity contribution >= 4 is 23.9 Å². The molecule has 218 valence electrons. The van der Waals surface area contributed by atoms with Crippen LogP contribution in [0.2, 0.25) is 0 Å². The molecule has 0 aromatic carbocycles. The molecule has 3 saturated heterocycles. The zero-order chi connectivity index (χ0) is 27.1. The Balaban J connectivity index is 0. The van der Waals surface area contributed by atoms with Gasteiger partial charge in [-0.3, -0.25) is 14.4 Å². The van der Waals surface area contributed by atoms with E-state index in [0.717, 1.165) is 32.1 Å². The van der Waals surface area contributed by atoms with Crippen LogP contribution >= 0.6 is 0 Å².